The second-order valence-corrected chi connectivity index (χ2v) is 9.88. The molecule has 0 aromatic heterocycles. The minimum absolute atomic E-state index is 0.0624. The fraction of sp³-hybridized carbons (Fsp3) is 0.476. The molecule has 0 N–H and O–H groups in total. The van der Waals surface area contributed by atoms with Crippen LogP contribution in [0, 0.1) is 17.3 Å². The maximum Gasteiger partial charge on any atom is 0.335 e. The number of sulfone groups is 1. The average Bonchev–Trinajstić information content (AvgIpc) is 2.88. The molecule has 4 atom stereocenters. The number of rotatable bonds is 2. The van der Waals surface area contributed by atoms with Crippen molar-refractivity contribution >= 4 is 15.8 Å². The second-order valence-electron chi connectivity index (χ2n) is 8.08. The van der Waals surface area contributed by atoms with E-state index >= 15 is 0 Å². The van der Waals surface area contributed by atoms with Gasteiger partial charge in [0.15, 0.2) is 9.84 Å². The monoisotopic (exact) mass is 372 g/mol. The predicted molar refractivity (Wildman–Crippen MR) is 98.9 cm³/mol. The summed E-state index contributed by atoms with van der Waals surface area (Å²) in [5, 5.41) is 1.13. The molecule has 3 aliphatic rings. The molecular weight excluding hydrogens is 348 g/mol. The number of esters is 1. The molecular formula is C21H24O4S. The van der Waals surface area contributed by atoms with Crippen molar-refractivity contribution in [1.82, 2.24) is 0 Å². The topological polar surface area (TPSA) is 60.4 Å². The third kappa shape index (κ3) is 2.82. The van der Waals surface area contributed by atoms with E-state index in [1.165, 1.54) is 12.0 Å². The zero-order valence-corrected chi connectivity index (χ0v) is 16.0. The lowest BCUT2D eigenvalue weighted by atomic mass is 9.60. The SMILES string of the molecule is C[C@H]1CCC[C@]2(C)C[C@H]3OC(=O)/C(=C/S(=O)(=O)c4ccccc4)[C@H]3C=C12. The zero-order chi connectivity index (χ0) is 18.5. The van der Waals surface area contributed by atoms with Gasteiger partial charge in [0, 0.05) is 11.3 Å². The molecule has 0 spiro atoms. The molecule has 2 aliphatic carbocycles. The van der Waals surface area contributed by atoms with E-state index in [-0.39, 0.29) is 27.9 Å². The van der Waals surface area contributed by atoms with Crippen LogP contribution in [0.25, 0.3) is 0 Å². The van der Waals surface area contributed by atoms with Crippen LogP contribution in [-0.2, 0) is 19.4 Å². The molecule has 1 heterocycles. The number of benzene rings is 1. The van der Waals surface area contributed by atoms with Crippen LogP contribution >= 0.6 is 0 Å². The van der Waals surface area contributed by atoms with Gasteiger partial charge in [-0.05, 0) is 42.7 Å². The number of hydrogen-bond acceptors (Lipinski definition) is 4. The fourth-order valence-electron chi connectivity index (χ4n) is 4.87. The van der Waals surface area contributed by atoms with Crippen LogP contribution in [0.1, 0.15) is 39.5 Å². The molecule has 0 radical (unpaired) electrons. The molecule has 1 saturated heterocycles. The molecule has 1 aromatic rings. The lowest BCUT2D eigenvalue weighted by Crippen LogP contribution is -2.38. The molecule has 1 saturated carbocycles. The van der Waals surface area contributed by atoms with Crippen LogP contribution in [-0.4, -0.2) is 20.5 Å². The minimum atomic E-state index is -3.68. The van der Waals surface area contributed by atoms with E-state index in [0.717, 1.165) is 24.7 Å². The van der Waals surface area contributed by atoms with E-state index < -0.39 is 15.8 Å². The van der Waals surface area contributed by atoms with Gasteiger partial charge in [-0.3, -0.25) is 0 Å². The molecule has 4 rings (SSSR count). The smallest absolute Gasteiger partial charge is 0.335 e. The maximum absolute atomic E-state index is 12.7. The van der Waals surface area contributed by atoms with E-state index in [9.17, 15) is 13.2 Å². The Hall–Kier alpha value is -1.88. The van der Waals surface area contributed by atoms with E-state index in [1.807, 2.05) is 0 Å². The Morgan fingerprint density at radius 3 is 2.69 bits per heavy atom. The first-order valence-electron chi connectivity index (χ1n) is 9.25. The highest BCUT2D eigenvalue weighted by Gasteiger charge is 2.49. The predicted octanol–water partition coefficient (Wildman–Crippen LogP) is 4.04. The number of carbonyl (C=O) groups excluding carboxylic acids is 1. The Morgan fingerprint density at radius 1 is 1.23 bits per heavy atom. The number of ether oxygens (including phenoxy) is 1. The van der Waals surface area contributed by atoms with Crippen molar-refractivity contribution in [2.75, 3.05) is 0 Å². The molecule has 26 heavy (non-hydrogen) atoms. The first-order chi connectivity index (χ1) is 12.3. The summed E-state index contributed by atoms with van der Waals surface area (Å²) in [6, 6.07) is 8.22. The first kappa shape index (κ1) is 17.5. The van der Waals surface area contributed by atoms with Gasteiger partial charge in [-0.2, -0.15) is 0 Å². The Kier molecular flexibility index (Phi) is 4.10. The third-order valence-corrected chi connectivity index (χ3v) is 7.71. The van der Waals surface area contributed by atoms with Crippen LogP contribution in [0.3, 0.4) is 0 Å². The molecule has 0 amide bonds. The molecule has 1 aliphatic heterocycles. The zero-order valence-electron chi connectivity index (χ0n) is 15.1. The molecule has 2 fully saturated rings. The lowest BCUT2D eigenvalue weighted by Gasteiger charge is -2.45. The van der Waals surface area contributed by atoms with Crippen molar-refractivity contribution in [1.29, 1.82) is 0 Å². The standard InChI is InChI=1S/C21H24O4S/c1-14-7-6-10-21(2)12-19-16(11-18(14)21)17(20(22)25-19)13-26(23,24)15-8-4-3-5-9-15/h3-5,8-9,11,13-14,16,19H,6-7,10,12H2,1-2H3/b17-13+/t14-,16+,19+,21+/m0/s1. The maximum atomic E-state index is 12.7. The van der Waals surface area contributed by atoms with Gasteiger partial charge < -0.3 is 4.74 Å². The summed E-state index contributed by atoms with van der Waals surface area (Å²) in [4.78, 5) is 12.7. The molecule has 4 nitrogen and oxygen atoms in total. The third-order valence-electron chi connectivity index (χ3n) is 6.21. The molecule has 5 heteroatoms. The second kappa shape index (κ2) is 6.08. The largest absolute Gasteiger partial charge is 0.458 e. The number of allylic oxidation sites excluding steroid dienone is 1. The summed E-state index contributed by atoms with van der Waals surface area (Å²) in [6.07, 6.45) is 6.10. The van der Waals surface area contributed by atoms with Crippen LogP contribution in [0.4, 0.5) is 0 Å². The Morgan fingerprint density at radius 2 is 1.96 bits per heavy atom. The van der Waals surface area contributed by atoms with Crippen LogP contribution in [0.2, 0.25) is 0 Å². The minimum Gasteiger partial charge on any atom is -0.458 e. The van der Waals surface area contributed by atoms with Gasteiger partial charge in [0.2, 0.25) is 0 Å². The summed E-state index contributed by atoms with van der Waals surface area (Å²) < 4.78 is 31.0. The fourth-order valence-corrected chi connectivity index (χ4v) is 6.13. The number of carbonyl (C=O) groups is 1. The summed E-state index contributed by atoms with van der Waals surface area (Å²) in [5.41, 5.74) is 1.70. The summed E-state index contributed by atoms with van der Waals surface area (Å²) >= 11 is 0. The molecule has 0 unspecified atom stereocenters. The van der Waals surface area contributed by atoms with Crippen molar-refractivity contribution in [3.8, 4) is 0 Å². The Labute approximate surface area is 154 Å². The number of hydrogen-bond donors (Lipinski definition) is 0. The van der Waals surface area contributed by atoms with Crippen LogP contribution in [0.5, 0.6) is 0 Å². The van der Waals surface area contributed by atoms with Crippen LogP contribution < -0.4 is 0 Å². The van der Waals surface area contributed by atoms with E-state index in [1.54, 1.807) is 30.3 Å². The highest BCUT2D eigenvalue weighted by Crippen LogP contribution is 2.53. The molecule has 1 aromatic carbocycles. The van der Waals surface area contributed by atoms with Crippen molar-refractivity contribution in [3.63, 3.8) is 0 Å². The van der Waals surface area contributed by atoms with Crippen molar-refractivity contribution in [2.24, 2.45) is 17.3 Å². The van der Waals surface area contributed by atoms with E-state index in [0.29, 0.717) is 5.92 Å². The van der Waals surface area contributed by atoms with Gasteiger partial charge in [0.25, 0.3) is 0 Å². The van der Waals surface area contributed by atoms with Gasteiger partial charge in [-0.1, -0.05) is 50.1 Å². The average molecular weight is 372 g/mol. The lowest BCUT2D eigenvalue weighted by molar-refractivity contribution is -0.140. The number of fused-ring (bicyclic) bond motifs is 2. The van der Waals surface area contributed by atoms with Crippen molar-refractivity contribution in [3.05, 3.63) is 53.0 Å². The van der Waals surface area contributed by atoms with Gasteiger partial charge >= 0.3 is 5.97 Å². The van der Waals surface area contributed by atoms with Gasteiger partial charge in [-0.15, -0.1) is 0 Å². The van der Waals surface area contributed by atoms with Gasteiger partial charge in [-0.25, -0.2) is 13.2 Å². The summed E-state index contributed by atoms with van der Waals surface area (Å²) in [5.74, 6) is -0.284. The van der Waals surface area contributed by atoms with E-state index in [4.69, 9.17) is 4.74 Å². The normalized spacial score (nSPS) is 35.5. The first-order valence-corrected chi connectivity index (χ1v) is 10.8. The van der Waals surface area contributed by atoms with Crippen molar-refractivity contribution < 1.29 is 17.9 Å². The molecule has 138 valence electrons. The highest BCUT2D eigenvalue weighted by molar-refractivity contribution is 7.94. The quantitative estimate of drug-likeness (QED) is 0.446. The van der Waals surface area contributed by atoms with Crippen LogP contribution in [0.15, 0.2) is 57.9 Å². The van der Waals surface area contributed by atoms with E-state index in [2.05, 4.69) is 19.9 Å². The molecule has 0 bridgehead atoms. The summed E-state index contributed by atoms with van der Waals surface area (Å²) in [7, 11) is -3.68. The summed E-state index contributed by atoms with van der Waals surface area (Å²) in [6.45, 7) is 4.48. The van der Waals surface area contributed by atoms with Gasteiger partial charge in [0.05, 0.1) is 10.5 Å². The Bertz CT molecular complexity index is 897. The highest BCUT2D eigenvalue weighted by atomic mass is 32.2. The van der Waals surface area contributed by atoms with Crippen molar-refractivity contribution in [2.45, 2.75) is 50.5 Å². The van der Waals surface area contributed by atoms with Gasteiger partial charge in [0.1, 0.15) is 6.10 Å². The Balaban J connectivity index is 1.76.